The lowest BCUT2D eigenvalue weighted by atomic mass is 10.2. The van der Waals surface area contributed by atoms with Crippen LogP contribution in [0.3, 0.4) is 0 Å². The molecule has 1 saturated heterocycles. The summed E-state index contributed by atoms with van der Waals surface area (Å²) in [5.74, 6) is -0.615. The molecule has 2 aromatic rings. The topological polar surface area (TPSA) is 81.7 Å². The Labute approximate surface area is 168 Å². The van der Waals surface area contributed by atoms with Crippen LogP contribution in [0.25, 0.3) is 6.08 Å². The highest BCUT2D eigenvalue weighted by atomic mass is 35.5. The Balaban J connectivity index is 1.83. The van der Waals surface area contributed by atoms with Crippen LogP contribution in [-0.4, -0.2) is 24.2 Å². The van der Waals surface area contributed by atoms with Crippen LogP contribution in [0.15, 0.2) is 41.3 Å². The van der Waals surface area contributed by atoms with E-state index in [1.54, 1.807) is 12.1 Å². The minimum Gasteiger partial charge on any atom is -0.493 e. The van der Waals surface area contributed by atoms with Crippen molar-refractivity contribution in [3.05, 3.63) is 62.5 Å². The smallest absolute Gasteiger partial charge is 0.343 e. The van der Waals surface area contributed by atoms with Crippen molar-refractivity contribution >= 4 is 58.2 Å². The molecule has 3 rings (SSSR count). The Bertz CT molecular complexity index is 990. The molecule has 0 saturated carbocycles. The molecule has 27 heavy (non-hydrogen) atoms. The Kier molecular flexibility index (Phi) is 5.74. The molecule has 1 N–H and O–H groups in total. The number of methoxy groups -OCH3 is 1. The first-order valence-electron chi connectivity index (χ1n) is 7.47. The summed E-state index contributed by atoms with van der Waals surface area (Å²) in [5, 5.41) is 2.32. The number of nitrogens with one attached hydrogen (secondary N) is 1. The molecule has 2 aromatic carbocycles. The number of halogens is 2. The quantitative estimate of drug-likeness (QED) is 0.441. The zero-order chi connectivity index (χ0) is 19.6. The molecule has 1 heterocycles. The fourth-order valence-electron chi connectivity index (χ4n) is 2.21. The lowest BCUT2D eigenvalue weighted by Crippen LogP contribution is -2.17. The molecular weight excluding hydrogens is 413 g/mol. The van der Waals surface area contributed by atoms with Crippen molar-refractivity contribution in [1.29, 1.82) is 0 Å². The predicted octanol–water partition coefficient (Wildman–Crippen LogP) is 4.55. The van der Waals surface area contributed by atoms with Crippen LogP contribution in [0.1, 0.15) is 15.9 Å². The van der Waals surface area contributed by atoms with E-state index in [0.717, 1.165) is 11.8 Å². The van der Waals surface area contributed by atoms with Crippen molar-refractivity contribution in [2.45, 2.75) is 0 Å². The number of amides is 2. The van der Waals surface area contributed by atoms with E-state index >= 15 is 0 Å². The molecule has 0 atom stereocenters. The summed E-state index contributed by atoms with van der Waals surface area (Å²) in [4.78, 5) is 35.4. The summed E-state index contributed by atoms with van der Waals surface area (Å²) in [7, 11) is 1.42. The van der Waals surface area contributed by atoms with Gasteiger partial charge in [0.25, 0.3) is 11.1 Å². The summed E-state index contributed by atoms with van der Waals surface area (Å²) in [6.45, 7) is 0. The van der Waals surface area contributed by atoms with E-state index in [4.69, 9.17) is 32.7 Å². The summed E-state index contributed by atoms with van der Waals surface area (Å²) < 4.78 is 10.6. The average Bonchev–Trinajstić information content (AvgIpc) is 2.95. The number of benzene rings is 2. The van der Waals surface area contributed by atoms with Gasteiger partial charge in [-0.05, 0) is 53.7 Å². The van der Waals surface area contributed by atoms with Crippen molar-refractivity contribution in [2.75, 3.05) is 7.11 Å². The second-order valence-electron chi connectivity index (χ2n) is 5.28. The Morgan fingerprint density at radius 1 is 1.07 bits per heavy atom. The minimum absolute atomic E-state index is 0.190. The normalized spacial score (nSPS) is 15.0. The van der Waals surface area contributed by atoms with Crippen LogP contribution in [0.4, 0.5) is 4.79 Å². The number of ether oxygens (including phenoxy) is 2. The number of rotatable bonds is 4. The second-order valence-corrected chi connectivity index (χ2v) is 7.11. The first-order chi connectivity index (χ1) is 12.9. The molecule has 0 spiro atoms. The molecule has 0 aromatic heterocycles. The van der Waals surface area contributed by atoms with Gasteiger partial charge in [-0.2, -0.15) is 0 Å². The van der Waals surface area contributed by atoms with E-state index in [1.807, 2.05) is 0 Å². The van der Waals surface area contributed by atoms with Crippen molar-refractivity contribution < 1.29 is 23.9 Å². The van der Waals surface area contributed by atoms with Crippen LogP contribution in [0, 0.1) is 0 Å². The number of imide groups is 1. The number of carbonyl (C=O) groups excluding carboxylic acids is 3. The third kappa shape index (κ3) is 4.44. The molecule has 0 radical (unpaired) electrons. The highest BCUT2D eigenvalue weighted by Crippen LogP contribution is 2.32. The first kappa shape index (κ1) is 19.3. The van der Waals surface area contributed by atoms with Gasteiger partial charge in [-0.25, -0.2) is 4.79 Å². The summed E-state index contributed by atoms with van der Waals surface area (Å²) in [5.41, 5.74) is 0.837. The molecule has 1 aliphatic rings. The van der Waals surface area contributed by atoms with E-state index in [2.05, 4.69) is 5.32 Å². The van der Waals surface area contributed by atoms with Crippen LogP contribution in [-0.2, 0) is 4.79 Å². The maximum atomic E-state index is 12.3. The van der Waals surface area contributed by atoms with E-state index in [9.17, 15) is 14.4 Å². The number of hydrogen-bond donors (Lipinski definition) is 1. The molecule has 0 unspecified atom stereocenters. The fourth-order valence-corrected chi connectivity index (χ4v) is 3.19. The van der Waals surface area contributed by atoms with Crippen molar-refractivity contribution in [3.8, 4) is 11.5 Å². The first-order valence-corrected chi connectivity index (χ1v) is 9.05. The van der Waals surface area contributed by atoms with E-state index in [1.165, 1.54) is 37.5 Å². The Morgan fingerprint density at radius 3 is 2.48 bits per heavy atom. The average molecular weight is 424 g/mol. The van der Waals surface area contributed by atoms with Gasteiger partial charge in [0.1, 0.15) is 0 Å². The summed E-state index contributed by atoms with van der Waals surface area (Å²) >= 11 is 12.6. The molecule has 2 amide bonds. The maximum Gasteiger partial charge on any atom is 0.343 e. The number of carbonyl (C=O) groups is 3. The van der Waals surface area contributed by atoms with Crippen molar-refractivity contribution in [3.63, 3.8) is 0 Å². The monoisotopic (exact) mass is 423 g/mol. The third-order valence-corrected chi connectivity index (χ3v) is 5.04. The van der Waals surface area contributed by atoms with Gasteiger partial charge < -0.3 is 9.47 Å². The Hall–Kier alpha value is -2.48. The predicted molar refractivity (Wildman–Crippen MR) is 104 cm³/mol. The SMILES string of the molecule is COc1cc(/C=C2/SC(=O)NC2=O)ccc1OC(=O)c1ccc(Cl)c(Cl)c1. The van der Waals surface area contributed by atoms with Gasteiger partial charge in [0.15, 0.2) is 11.5 Å². The molecule has 1 fully saturated rings. The number of hydrogen-bond acceptors (Lipinski definition) is 6. The standard InChI is InChI=1S/C18H11Cl2NO5S/c1-25-14-6-9(7-15-16(22)21-18(24)27-15)2-5-13(14)26-17(23)10-3-4-11(19)12(20)8-10/h2-8H,1H3,(H,21,22,24)/b15-7+. The third-order valence-electron chi connectivity index (χ3n) is 3.49. The lowest BCUT2D eigenvalue weighted by Gasteiger charge is -2.10. The van der Waals surface area contributed by atoms with Gasteiger partial charge in [0.2, 0.25) is 0 Å². The van der Waals surface area contributed by atoms with E-state index in [-0.39, 0.29) is 27.0 Å². The Morgan fingerprint density at radius 2 is 1.85 bits per heavy atom. The zero-order valence-corrected chi connectivity index (χ0v) is 16.1. The molecule has 9 heteroatoms. The second kappa shape index (κ2) is 8.04. The molecule has 1 aliphatic heterocycles. The fraction of sp³-hybridized carbons (Fsp3) is 0.0556. The van der Waals surface area contributed by atoms with E-state index in [0.29, 0.717) is 10.6 Å². The molecular formula is C18H11Cl2NO5S. The minimum atomic E-state index is -0.630. The van der Waals surface area contributed by atoms with Gasteiger partial charge in [0, 0.05) is 0 Å². The lowest BCUT2D eigenvalue weighted by molar-refractivity contribution is -0.115. The van der Waals surface area contributed by atoms with Gasteiger partial charge >= 0.3 is 5.97 Å². The zero-order valence-electron chi connectivity index (χ0n) is 13.7. The molecule has 6 nitrogen and oxygen atoms in total. The summed E-state index contributed by atoms with van der Waals surface area (Å²) in [6.07, 6.45) is 1.54. The summed E-state index contributed by atoms with van der Waals surface area (Å²) in [6, 6.07) is 9.14. The van der Waals surface area contributed by atoms with Gasteiger partial charge in [-0.1, -0.05) is 29.3 Å². The van der Waals surface area contributed by atoms with Gasteiger partial charge in [0.05, 0.1) is 27.6 Å². The van der Waals surface area contributed by atoms with Crippen molar-refractivity contribution in [2.24, 2.45) is 0 Å². The van der Waals surface area contributed by atoms with Crippen LogP contribution >= 0.6 is 35.0 Å². The van der Waals surface area contributed by atoms with Gasteiger partial charge in [-0.15, -0.1) is 0 Å². The van der Waals surface area contributed by atoms with E-state index < -0.39 is 17.1 Å². The molecule has 0 bridgehead atoms. The number of esters is 1. The largest absolute Gasteiger partial charge is 0.493 e. The van der Waals surface area contributed by atoms with Crippen LogP contribution in [0.5, 0.6) is 11.5 Å². The van der Waals surface area contributed by atoms with Gasteiger partial charge in [-0.3, -0.25) is 14.9 Å². The van der Waals surface area contributed by atoms with Crippen molar-refractivity contribution in [1.82, 2.24) is 5.32 Å². The molecule has 0 aliphatic carbocycles. The van der Waals surface area contributed by atoms with Crippen LogP contribution < -0.4 is 14.8 Å². The highest BCUT2D eigenvalue weighted by Gasteiger charge is 2.25. The molecule has 138 valence electrons. The number of thioether (sulfide) groups is 1. The van der Waals surface area contributed by atoms with Crippen LogP contribution in [0.2, 0.25) is 10.0 Å². The highest BCUT2D eigenvalue weighted by molar-refractivity contribution is 8.18. The maximum absolute atomic E-state index is 12.3.